The summed E-state index contributed by atoms with van der Waals surface area (Å²) in [6.45, 7) is 0. The molecule has 0 aliphatic heterocycles. The molecular weight excluding hydrogens is 320 g/mol. The third kappa shape index (κ3) is 1.97. The highest BCUT2D eigenvalue weighted by Crippen LogP contribution is 2.29. The highest BCUT2D eigenvalue weighted by Gasteiger charge is 2.09. The van der Waals surface area contributed by atoms with Gasteiger partial charge in [0.05, 0.1) is 5.52 Å². The van der Waals surface area contributed by atoms with Crippen LogP contribution in [0, 0.1) is 0 Å². The monoisotopic (exact) mass is 324 g/mol. The molecule has 2 aromatic heterocycles. The average Bonchev–Trinajstić information content (AvgIpc) is 2.84. The highest BCUT2D eigenvalue weighted by molar-refractivity contribution is 9.10. The average molecular weight is 326 g/mol. The standard InChI is InChI=1S/C12H6BrClN2S/c13-9-3-1-2-8-10(9)15-12(16-11(8)14)7-4-5-17-6-7/h1-6H. The Bertz CT molecular complexity index is 682. The molecule has 1 aromatic carbocycles. The molecule has 17 heavy (non-hydrogen) atoms. The molecule has 0 atom stereocenters. The van der Waals surface area contributed by atoms with E-state index in [0.29, 0.717) is 11.0 Å². The maximum Gasteiger partial charge on any atom is 0.162 e. The first kappa shape index (κ1) is 11.1. The minimum Gasteiger partial charge on any atom is -0.227 e. The fourth-order valence-corrected chi connectivity index (χ4v) is 2.92. The van der Waals surface area contributed by atoms with Crippen LogP contribution in [-0.4, -0.2) is 9.97 Å². The SMILES string of the molecule is Clc1nc(-c2ccsc2)nc2c(Br)cccc12. The predicted octanol–water partition coefficient (Wildman–Crippen LogP) is 4.77. The van der Waals surface area contributed by atoms with Crippen molar-refractivity contribution in [1.29, 1.82) is 0 Å². The number of benzene rings is 1. The van der Waals surface area contributed by atoms with Crippen LogP contribution in [0.15, 0.2) is 39.5 Å². The molecule has 0 radical (unpaired) electrons. The number of nitrogens with zero attached hydrogens (tertiary/aromatic N) is 2. The van der Waals surface area contributed by atoms with Gasteiger partial charge < -0.3 is 0 Å². The summed E-state index contributed by atoms with van der Waals surface area (Å²) in [6, 6.07) is 7.77. The summed E-state index contributed by atoms with van der Waals surface area (Å²) in [5, 5.41) is 5.35. The van der Waals surface area contributed by atoms with Gasteiger partial charge in [-0.2, -0.15) is 11.3 Å². The predicted molar refractivity (Wildman–Crippen MR) is 75.6 cm³/mol. The van der Waals surface area contributed by atoms with Gasteiger partial charge in [-0.05, 0) is 39.5 Å². The normalized spacial score (nSPS) is 10.9. The van der Waals surface area contributed by atoms with Crippen LogP contribution in [0.2, 0.25) is 5.15 Å². The third-order valence-corrected chi connectivity index (χ3v) is 4.02. The Morgan fingerprint density at radius 1 is 1.18 bits per heavy atom. The molecule has 0 aliphatic carbocycles. The largest absolute Gasteiger partial charge is 0.227 e. The lowest BCUT2D eigenvalue weighted by atomic mass is 10.2. The zero-order chi connectivity index (χ0) is 11.8. The Kier molecular flexibility index (Phi) is 2.86. The van der Waals surface area contributed by atoms with Gasteiger partial charge in [0.25, 0.3) is 0 Å². The second-order valence-electron chi connectivity index (χ2n) is 3.49. The van der Waals surface area contributed by atoms with E-state index >= 15 is 0 Å². The Labute approximate surface area is 115 Å². The summed E-state index contributed by atoms with van der Waals surface area (Å²) in [7, 11) is 0. The van der Waals surface area contributed by atoms with Gasteiger partial charge in [0, 0.05) is 20.8 Å². The van der Waals surface area contributed by atoms with Crippen LogP contribution in [0.5, 0.6) is 0 Å². The molecule has 0 saturated carbocycles. The molecule has 0 N–H and O–H groups in total. The zero-order valence-corrected chi connectivity index (χ0v) is 11.7. The molecule has 84 valence electrons. The quantitative estimate of drug-likeness (QED) is 0.602. The molecule has 3 rings (SSSR count). The van der Waals surface area contributed by atoms with Gasteiger partial charge in [-0.15, -0.1) is 0 Å². The topological polar surface area (TPSA) is 25.8 Å². The fourth-order valence-electron chi connectivity index (χ4n) is 1.60. The molecule has 5 heteroatoms. The van der Waals surface area contributed by atoms with Crippen molar-refractivity contribution in [3.8, 4) is 11.4 Å². The van der Waals surface area contributed by atoms with Crippen molar-refractivity contribution < 1.29 is 0 Å². The van der Waals surface area contributed by atoms with Crippen LogP contribution in [-0.2, 0) is 0 Å². The lowest BCUT2D eigenvalue weighted by Gasteiger charge is -2.04. The van der Waals surface area contributed by atoms with Gasteiger partial charge >= 0.3 is 0 Å². The van der Waals surface area contributed by atoms with E-state index in [9.17, 15) is 0 Å². The molecule has 0 fully saturated rings. The van der Waals surface area contributed by atoms with Gasteiger partial charge in [-0.25, -0.2) is 9.97 Å². The number of hydrogen-bond donors (Lipinski definition) is 0. The second-order valence-corrected chi connectivity index (χ2v) is 5.48. The molecular formula is C12H6BrClN2S. The lowest BCUT2D eigenvalue weighted by Crippen LogP contribution is -1.91. The van der Waals surface area contributed by atoms with E-state index in [4.69, 9.17) is 11.6 Å². The van der Waals surface area contributed by atoms with Gasteiger partial charge in [0.1, 0.15) is 5.15 Å². The number of hydrogen-bond acceptors (Lipinski definition) is 3. The number of rotatable bonds is 1. The fraction of sp³-hybridized carbons (Fsp3) is 0. The number of halogens is 2. The van der Waals surface area contributed by atoms with E-state index < -0.39 is 0 Å². The molecule has 0 saturated heterocycles. The summed E-state index contributed by atoms with van der Waals surface area (Å²) < 4.78 is 0.927. The number of aromatic nitrogens is 2. The Hall–Kier alpha value is -0.970. The van der Waals surface area contributed by atoms with E-state index in [1.165, 1.54) is 0 Å². The summed E-state index contributed by atoms with van der Waals surface area (Å²) in [5.41, 5.74) is 1.84. The van der Waals surface area contributed by atoms with Crippen LogP contribution >= 0.6 is 38.9 Å². The maximum absolute atomic E-state index is 6.18. The highest BCUT2D eigenvalue weighted by atomic mass is 79.9. The van der Waals surface area contributed by atoms with Crippen molar-refractivity contribution in [1.82, 2.24) is 9.97 Å². The van der Waals surface area contributed by atoms with E-state index in [1.54, 1.807) is 11.3 Å². The summed E-state index contributed by atoms with van der Waals surface area (Å²) in [6.07, 6.45) is 0. The number of para-hydroxylation sites is 1. The van der Waals surface area contributed by atoms with Crippen LogP contribution in [0.1, 0.15) is 0 Å². The van der Waals surface area contributed by atoms with Gasteiger partial charge in [-0.3, -0.25) is 0 Å². The number of fused-ring (bicyclic) bond motifs is 1. The van der Waals surface area contributed by atoms with Gasteiger partial charge in [0.2, 0.25) is 0 Å². The second kappa shape index (κ2) is 4.37. The van der Waals surface area contributed by atoms with Crippen molar-refractivity contribution in [2.24, 2.45) is 0 Å². The zero-order valence-electron chi connectivity index (χ0n) is 8.52. The van der Waals surface area contributed by atoms with Crippen molar-refractivity contribution in [2.75, 3.05) is 0 Å². The third-order valence-electron chi connectivity index (χ3n) is 2.41. The molecule has 2 nitrogen and oxygen atoms in total. The minimum absolute atomic E-state index is 0.484. The Morgan fingerprint density at radius 3 is 2.82 bits per heavy atom. The number of thiophene rings is 1. The summed E-state index contributed by atoms with van der Waals surface area (Å²) >= 11 is 11.3. The van der Waals surface area contributed by atoms with E-state index in [2.05, 4.69) is 25.9 Å². The first-order valence-electron chi connectivity index (χ1n) is 4.90. The minimum atomic E-state index is 0.484. The van der Waals surface area contributed by atoms with Crippen LogP contribution < -0.4 is 0 Å². The van der Waals surface area contributed by atoms with Crippen molar-refractivity contribution in [2.45, 2.75) is 0 Å². The lowest BCUT2D eigenvalue weighted by molar-refractivity contribution is 1.23. The summed E-state index contributed by atoms with van der Waals surface area (Å²) in [4.78, 5) is 8.87. The molecule has 0 aliphatic rings. The van der Waals surface area contributed by atoms with Crippen LogP contribution in [0.25, 0.3) is 22.3 Å². The van der Waals surface area contributed by atoms with E-state index in [0.717, 1.165) is 20.9 Å². The molecule has 0 unspecified atom stereocenters. The first-order valence-corrected chi connectivity index (χ1v) is 7.01. The van der Waals surface area contributed by atoms with E-state index in [1.807, 2.05) is 35.0 Å². The van der Waals surface area contributed by atoms with E-state index in [-0.39, 0.29) is 0 Å². The molecule has 3 aromatic rings. The van der Waals surface area contributed by atoms with Crippen molar-refractivity contribution in [3.05, 3.63) is 44.7 Å². The Balaban J connectivity index is 2.34. The Morgan fingerprint density at radius 2 is 2.06 bits per heavy atom. The molecule has 0 amide bonds. The van der Waals surface area contributed by atoms with Crippen molar-refractivity contribution in [3.63, 3.8) is 0 Å². The first-order chi connectivity index (χ1) is 8.25. The smallest absolute Gasteiger partial charge is 0.162 e. The molecule has 0 bridgehead atoms. The van der Waals surface area contributed by atoms with Crippen LogP contribution in [0.3, 0.4) is 0 Å². The van der Waals surface area contributed by atoms with Crippen LogP contribution in [0.4, 0.5) is 0 Å². The maximum atomic E-state index is 6.18. The van der Waals surface area contributed by atoms with Gasteiger partial charge in [-0.1, -0.05) is 17.7 Å². The van der Waals surface area contributed by atoms with Gasteiger partial charge in [0.15, 0.2) is 5.82 Å². The molecule has 2 heterocycles. The molecule has 0 spiro atoms. The summed E-state index contributed by atoms with van der Waals surface area (Å²) in [5.74, 6) is 0.663. The van der Waals surface area contributed by atoms with Crippen molar-refractivity contribution >= 4 is 49.8 Å².